The van der Waals surface area contributed by atoms with E-state index >= 15 is 0 Å². The second kappa shape index (κ2) is 5.24. The summed E-state index contributed by atoms with van der Waals surface area (Å²) >= 11 is 0. The minimum atomic E-state index is -0.178. The molecule has 2 amide bonds. The predicted molar refractivity (Wildman–Crippen MR) is 54.5 cm³/mol. The number of urea groups is 1. The molecule has 1 unspecified atom stereocenters. The van der Waals surface area contributed by atoms with E-state index in [1.165, 1.54) is 0 Å². The standard InChI is InChI=1S/C10H15N3O/c1-12-10(14)13-9(7-11)8-5-3-2-4-6-8/h2-6,9H,7,11H2,1H3,(H2,12,13,14)/p+1. The molecule has 4 heteroatoms. The highest BCUT2D eigenvalue weighted by atomic mass is 16.2. The van der Waals surface area contributed by atoms with E-state index in [9.17, 15) is 4.79 Å². The molecule has 0 aliphatic heterocycles. The molecule has 76 valence electrons. The van der Waals surface area contributed by atoms with Crippen molar-refractivity contribution >= 4 is 6.03 Å². The Morgan fingerprint density at radius 2 is 2.07 bits per heavy atom. The lowest BCUT2D eigenvalue weighted by Crippen LogP contribution is -2.57. The number of nitrogens with one attached hydrogen (secondary N) is 2. The van der Waals surface area contributed by atoms with Gasteiger partial charge in [0.2, 0.25) is 0 Å². The van der Waals surface area contributed by atoms with Crippen molar-refractivity contribution in [2.75, 3.05) is 13.6 Å². The van der Waals surface area contributed by atoms with Gasteiger partial charge in [-0.2, -0.15) is 0 Å². The highest BCUT2D eigenvalue weighted by Gasteiger charge is 2.12. The molecule has 0 aliphatic carbocycles. The molecule has 14 heavy (non-hydrogen) atoms. The maximum absolute atomic E-state index is 11.1. The van der Waals surface area contributed by atoms with Crippen LogP contribution in [-0.4, -0.2) is 19.6 Å². The number of hydrogen-bond acceptors (Lipinski definition) is 1. The zero-order chi connectivity index (χ0) is 10.4. The second-order valence-corrected chi connectivity index (χ2v) is 2.98. The normalized spacial score (nSPS) is 11.9. The van der Waals surface area contributed by atoms with Gasteiger partial charge in [-0.05, 0) is 5.56 Å². The van der Waals surface area contributed by atoms with Crippen LogP contribution in [0.3, 0.4) is 0 Å². The Labute approximate surface area is 83.5 Å². The van der Waals surface area contributed by atoms with Gasteiger partial charge in [0.25, 0.3) is 0 Å². The second-order valence-electron chi connectivity index (χ2n) is 2.98. The Balaban J connectivity index is 2.68. The van der Waals surface area contributed by atoms with Crippen molar-refractivity contribution in [1.82, 2.24) is 10.6 Å². The molecular formula is C10H16N3O+. The third-order valence-electron chi connectivity index (χ3n) is 2.02. The Kier molecular flexibility index (Phi) is 3.94. The van der Waals surface area contributed by atoms with Gasteiger partial charge in [-0.25, -0.2) is 4.79 Å². The number of quaternary nitrogens is 1. The van der Waals surface area contributed by atoms with Crippen LogP contribution in [0, 0.1) is 0 Å². The van der Waals surface area contributed by atoms with Crippen LogP contribution in [0.2, 0.25) is 0 Å². The van der Waals surface area contributed by atoms with Gasteiger partial charge in [-0.3, -0.25) is 0 Å². The van der Waals surface area contributed by atoms with Crippen molar-refractivity contribution in [3.8, 4) is 0 Å². The summed E-state index contributed by atoms with van der Waals surface area (Å²) in [6, 6.07) is 9.60. The molecule has 5 N–H and O–H groups in total. The summed E-state index contributed by atoms with van der Waals surface area (Å²) in [6.45, 7) is 0.636. The number of benzene rings is 1. The van der Waals surface area contributed by atoms with Crippen molar-refractivity contribution in [2.45, 2.75) is 6.04 Å². The summed E-state index contributed by atoms with van der Waals surface area (Å²) in [5.41, 5.74) is 4.88. The number of hydrogen-bond donors (Lipinski definition) is 3. The SMILES string of the molecule is CNC(=O)NC(C[NH3+])c1ccccc1. The van der Waals surface area contributed by atoms with E-state index in [0.717, 1.165) is 5.56 Å². The van der Waals surface area contributed by atoms with Gasteiger partial charge in [0.05, 0.1) is 6.54 Å². The zero-order valence-corrected chi connectivity index (χ0v) is 8.29. The smallest absolute Gasteiger partial charge is 0.315 e. The maximum Gasteiger partial charge on any atom is 0.315 e. The lowest BCUT2D eigenvalue weighted by atomic mass is 10.1. The Morgan fingerprint density at radius 3 is 2.57 bits per heavy atom. The number of rotatable bonds is 3. The van der Waals surface area contributed by atoms with Crippen LogP contribution in [0.1, 0.15) is 11.6 Å². The van der Waals surface area contributed by atoms with Crippen molar-refractivity contribution in [1.29, 1.82) is 0 Å². The Hall–Kier alpha value is -1.55. The summed E-state index contributed by atoms with van der Waals surface area (Å²) < 4.78 is 0. The number of carbonyl (C=O) groups is 1. The van der Waals surface area contributed by atoms with E-state index < -0.39 is 0 Å². The topological polar surface area (TPSA) is 68.8 Å². The van der Waals surface area contributed by atoms with Crippen LogP contribution in [0.15, 0.2) is 30.3 Å². The molecule has 0 aliphatic rings. The van der Waals surface area contributed by atoms with Crippen LogP contribution in [-0.2, 0) is 0 Å². The average Bonchev–Trinajstić information content (AvgIpc) is 2.26. The van der Waals surface area contributed by atoms with E-state index in [-0.39, 0.29) is 12.1 Å². The van der Waals surface area contributed by atoms with E-state index in [4.69, 9.17) is 0 Å². The molecule has 0 saturated carbocycles. The van der Waals surface area contributed by atoms with Crippen LogP contribution >= 0.6 is 0 Å². The summed E-state index contributed by atoms with van der Waals surface area (Å²) in [7, 11) is 1.60. The molecule has 0 aromatic heterocycles. The highest BCUT2D eigenvalue weighted by molar-refractivity contribution is 5.74. The van der Waals surface area contributed by atoms with Crippen molar-refractivity contribution in [2.24, 2.45) is 0 Å². The molecule has 1 rings (SSSR count). The van der Waals surface area contributed by atoms with Crippen molar-refractivity contribution < 1.29 is 10.5 Å². The van der Waals surface area contributed by atoms with Crippen molar-refractivity contribution in [3.63, 3.8) is 0 Å². The summed E-state index contributed by atoms with van der Waals surface area (Å²) in [5.74, 6) is 0. The van der Waals surface area contributed by atoms with Gasteiger partial charge in [0, 0.05) is 7.05 Å². The van der Waals surface area contributed by atoms with Gasteiger partial charge in [0.1, 0.15) is 6.04 Å². The Bertz CT molecular complexity index is 287. The molecule has 4 nitrogen and oxygen atoms in total. The summed E-state index contributed by atoms with van der Waals surface area (Å²) in [4.78, 5) is 11.1. The fraction of sp³-hybridized carbons (Fsp3) is 0.300. The number of amides is 2. The molecule has 0 heterocycles. The molecule has 0 fully saturated rings. The Morgan fingerprint density at radius 1 is 1.43 bits per heavy atom. The highest BCUT2D eigenvalue weighted by Crippen LogP contribution is 2.09. The first kappa shape index (κ1) is 10.5. The summed E-state index contributed by atoms with van der Waals surface area (Å²) in [6.07, 6.45) is 0. The monoisotopic (exact) mass is 194 g/mol. The number of carbonyl (C=O) groups excluding carboxylic acids is 1. The summed E-state index contributed by atoms with van der Waals surface area (Å²) in [5, 5.41) is 5.34. The first-order valence-corrected chi connectivity index (χ1v) is 4.60. The average molecular weight is 194 g/mol. The zero-order valence-electron chi connectivity index (χ0n) is 8.29. The molecule has 1 aromatic carbocycles. The minimum absolute atomic E-state index is 0.0175. The maximum atomic E-state index is 11.1. The van der Waals surface area contributed by atoms with Gasteiger partial charge < -0.3 is 16.4 Å². The molecule has 1 atom stereocenters. The van der Waals surface area contributed by atoms with E-state index in [2.05, 4.69) is 16.4 Å². The lowest BCUT2D eigenvalue weighted by Gasteiger charge is -2.14. The minimum Gasteiger partial charge on any atom is -0.356 e. The van der Waals surface area contributed by atoms with Gasteiger partial charge in [-0.1, -0.05) is 30.3 Å². The quantitative estimate of drug-likeness (QED) is 0.618. The molecule has 0 bridgehead atoms. The van der Waals surface area contributed by atoms with Crippen LogP contribution in [0.25, 0.3) is 0 Å². The van der Waals surface area contributed by atoms with E-state index in [1.54, 1.807) is 7.05 Å². The van der Waals surface area contributed by atoms with E-state index in [0.29, 0.717) is 6.54 Å². The third-order valence-corrected chi connectivity index (χ3v) is 2.02. The lowest BCUT2D eigenvalue weighted by molar-refractivity contribution is -0.373. The molecule has 0 saturated heterocycles. The van der Waals surface area contributed by atoms with Gasteiger partial charge >= 0.3 is 6.03 Å². The molecular weight excluding hydrogens is 178 g/mol. The van der Waals surface area contributed by atoms with Gasteiger partial charge in [0.15, 0.2) is 0 Å². The van der Waals surface area contributed by atoms with Crippen molar-refractivity contribution in [3.05, 3.63) is 35.9 Å². The van der Waals surface area contributed by atoms with Crippen LogP contribution in [0.4, 0.5) is 4.79 Å². The molecule has 0 spiro atoms. The van der Waals surface area contributed by atoms with Crippen LogP contribution < -0.4 is 16.4 Å². The largest absolute Gasteiger partial charge is 0.356 e. The fourth-order valence-electron chi connectivity index (χ4n) is 1.24. The molecule has 0 radical (unpaired) electrons. The predicted octanol–water partition coefficient (Wildman–Crippen LogP) is -0.101. The fourth-order valence-corrected chi connectivity index (χ4v) is 1.24. The van der Waals surface area contributed by atoms with Gasteiger partial charge in [-0.15, -0.1) is 0 Å². The first-order chi connectivity index (χ1) is 6.77. The van der Waals surface area contributed by atoms with Crippen LogP contribution in [0.5, 0.6) is 0 Å². The third kappa shape index (κ3) is 2.74. The first-order valence-electron chi connectivity index (χ1n) is 4.60. The van der Waals surface area contributed by atoms with E-state index in [1.807, 2.05) is 30.3 Å². The molecule has 1 aromatic rings.